The predicted molar refractivity (Wildman–Crippen MR) is 84.8 cm³/mol. The van der Waals surface area contributed by atoms with Gasteiger partial charge in [-0.3, -0.25) is 0 Å². The molecular formula is C13H33N3O3Si. The molecule has 7 heteroatoms. The van der Waals surface area contributed by atoms with Gasteiger partial charge in [-0.2, -0.15) is 0 Å². The molecule has 0 heterocycles. The molecule has 1 unspecified atom stereocenters. The van der Waals surface area contributed by atoms with Crippen LogP contribution in [0.3, 0.4) is 0 Å². The van der Waals surface area contributed by atoms with Gasteiger partial charge in [-0.15, -0.1) is 0 Å². The van der Waals surface area contributed by atoms with Gasteiger partial charge in [0.25, 0.3) is 0 Å². The number of hydrogen-bond acceptors (Lipinski definition) is 6. The van der Waals surface area contributed by atoms with Gasteiger partial charge in [0.15, 0.2) is 0 Å². The van der Waals surface area contributed by atoms with Crippen LogP contribution in [0.15, 0.2) is 0 Å². The first-order valence-electron chi connectivity index (χ1n) is 7.70. The lowest BCUT2D eigenvalue weighted by atomic mass is 10.4. The zero-order valence-electron chi connectivity index (χ0n) is 13.5. The van der Waals surface area contributed by atoms with Gasteiger partial charge in [-0.1, -0.05) is 0 Å². The highest BCUT2D eigenvalue weighted by molar-refractivity contribution is 6.60. The maximum atomic E-state index is 5.85. The summed E-state index contributed by atoms with van der Waals surface area (Å²) in [5, 5.41) is 6.72. The lowest BCUT2D eigenvalue weighted by Crippen LogP contribution is -2.50. The quantitative estimate of drug-likeness (QED) is 0.321. The third-order valence-corrected chi connectivity index (χ3v) is 6.06. The van der Waals surface area contributed by atoms with Crippen molar-refractivity contribution in [2.75, 3.05) is 46.0 Å². The van der Waals surface area contributed by atoms with Crippen molar-refractivity contribution in [1.82, 2.24) is 10.6 Å². The maximum Gasteiger partial charge on any atom is 0.502 e. The summed E-state index contributed by atoms with van der Waals surface area (Å²) < 4.78 is 17.5. The Hall–Kier alpha value is -0.0231. The molecule has 0 radical (unpaired) electrons. The first-order chi connectivity index (χ1) is 9.64. The molecule has 0 aromatic heterocycles. The summed E-state index contributed by atoms with van der Waals surface area (Å²) >= 11 is 0. The summed E-state index contributed by atoms with van der Waals surface area (Å²) in [5.74, 6) is 0. The van der Waals surface area contributed by atoms with Crippen molar-refractivity contribution >= 4 is 8.80 Å². The van der Waals surface area contributed by atoms with Crippen LogP contribution in [0, 0.1) is 0 Å². The molecule has 0 aliphatic carbocycles. The van der Waals surface area contributed by atoms with Crippen molar-refractivity contribution in [3.05, 3.63) is 0 Å². The smallest absolute Gasteiger partial charge is 0.374 e. The van der Waals surface area contributed by atoms with E-state index < -0.39 is 8.80 Å². The Morgan fingerprint density at radius 3 is 1.95 bits per heavy atom. The first kappa shape index (κ1) is 20.0. The normalized spacial score (nSPS) is 13.7. The van der Waals surface area contributed by atoms with Gasteiger partial charge in [0, 0.05) is 58.1 Å². The van der Waals surface area contributed by atoms with Crippen LogP contribution in [-0.2, 0) is 13.3 Å². The number of nitrogens with two attached hydrogens (primary N) is 1. The fraction of sp³-hybridized carbons (Fsp3) is 1.00. The Balaban J connectivity index is 4.18. The number of nitrogens with one attached hydrogen (secondary N) is 2. The lowest BCUT2D eigenvalue weighted by molar-refractivity contribution is 0.0691. The van der Waals surface area contributed by atoms with Crippen molar-refractivity contribution in [3.8, 4) is 0 Å². The Bertz CT molecular complexity index is 206. The molecule has 1 atom stereocenters. The van der Waals surface area contributed by atoms with Crippen LogP contribution in [0.1, 0.15) is 27.7 Å². The molecule has 0 rings (SSSR count). The van der Waals surface area contributed by atoms with E-state index in [1.54, 1.807) is 0 Å². The molecule has 0 fully saturated rings. The molecule has 6 nitrogen and oxygen atoms in total. The SMILES string of the molecule is CCO[Si](CC(C)NCCNCCN)(OCC)OCC. The molecule has 0 saturated heterocycles. The molecule has 0 aliphatic heterocycles. The van der Waals surface area contributed by atoms with Crippen LogP contribution in [0.5, 0.6) is 0 Å². The van der Waals surface area contributed by atoms with Gasteiger partial charge in [0.2, 0.25) is 0 Å². The molecule has 0 aromatic carbocycles. The van der Waals surface area contributed by atoms with Crippen LogP contribution in [0.4, 0.5) is 0 Å². The highest BCUT2D eigenvalue weighted by atomic mass is 28.4. The summed E-state index contributed by atoms with van der Waals surface area (Å²) in [7, 11) is -2.54. The molecule has 0 amide bonds. The second kappa shape index (κ2) is 12.7. The second-order valence-corrected chi connectivity index (χ2v) is 7.22. The minimum absolute atomic E-state index is 0.297. The summed E-state index contributed by atoms with van der Waals surface area (Å²) in [6.07, 6.45) is 0. The van der Waals surface area contributed by atoms with Gasteiger partial charge in [0.05, 0.1) is 0 Å². The highest BCUT2D eigenvalue weighted by Gasteiger charge is 2.41. The van der Waals surface area contributed by atoms with E-state index in [0.717, 1.165) is 25.7 Å². The van der Waals surface area contributed by atoms with E-state index in [1.165, 1.54) is 0 Å². The van der Waals surface area contributed by atoms with Crippen molar-refractivity contribution in [2.24, 2.45) is 5.73 Å². The second-order valence-electron chi connectivity index (χ2n) is 4.58. The fourth-order valence-corrected chi connectivity index (χ4v) is 4.86. The van der Waals surface area contributed by atoms with E-state index in [4.69, 9.17) is 19.0 Å². The zero-order valence-corrected chi connectivity index (χ0v) is 14.5. The summed E-state index contributed by atoms with van der Waals surface area (Å²) in [5.41, 5.74) is 5.43. The van der Waals surface area contributed by atoms with Gasteiger partial charge in [0.1, 0.15) is 0 Å². The highest BCUT2D eigenvalue weighted by Crippen LogP contribution is 2.18. The van der Waals surface area contributed by atoms with E-state index in [2.05, 4.69) is 17.6 Å². The maximum absolute atomic E-state index is 5.85. The Morgan fingerprint density at radius 1 is 0.950 bits per heavy atom. The standard InChI is InChI=1S/C13H33N3O3Si/c1-5-17-20(18-6-2,19-7-3)12-13(4)16-11-10-15-9-8-14/h13,15-16H,5-12,14H2,1-4H3. The molecule has 0 spiro atoms. The van der Waals surface area contributed by atoms with E-state index in [0.29, 0.717) is 32.4 Å². The van der Waals surface area contributed by atoms with Gasteiger partial charge in [-0.25, -0.2) is 0 Å². The van der Waals surface area contributed by atoms with E-state index >= 15 is 0 Å². The van der Waals surface area contributed by atoms with Crippen LogP contribution in [0.25, 0.3) is 0 Å². The first-order valence-corrected chi connectivity index (χ1v) is 9.63. The van der Waals surface area contributed by atoms with Crippen LogP contribution < -0.4 is 16.4 Å². The van der Waals surface area contributed by atoms with Gasteiger partial charge in [-0.05, 0) is 27.7 Å². The fourth-order valence-electron chi connectivity index (χ4n) is 2.04. The van der Waals surface area contributed by atoms with E-state index in [9.17, 15) is 0 Å². The third kappa shape index (κ3) is 9.01. The molecule has 20 heavy (non-hydrogen) atoms. The Kier molecular flexibility index (Phi) is 12.7. The number of rotatable bonds is 14. The zero-order chi connectivity index (χ0) is 15.3. The average molecular weight is 308 g/mol. The minimum Gasteiger partial charge on any atom is -0.374 e. The molecule has 0 aromatic rings. The van der Waals surface area contributed by atoms with Crippen LogP contribution in [-0.4, -0.2) is 60.8 Å². The molecular weight excluding hydrogens is 274 g/mol. The summed E-state index contributed by atoms with van der Waals surface area (Å²) in [4.78, 5) is 0. The Labute approximate surface area is 125 Å². The minimum atomic E-state index is -2.54. The molecule has 4 N–H and O–H groups in total. The van der Waals surface area contributed by atoms with E-state index in [-0.39, 0.29) is 0 Å². The van der Waals surface area contributed by atoms with Gasteiger partial charge >= 0.3 is 8.80 Å². The van der Waals surface area contributed by atoms with Crippen molar-refractivity contribution in [1.29, 1.82) is 0 Å². The number of hydrogen-bond donors (Lipinski definition) is 3. The van der Waals surface area contributed by atoms with Crippen molar-refractivity contribution < 1.29 is 13.3 Å². The molecule has 0 aliphatic rings. The average Bonchev–Trinajstić information content (AvgIpc) is 2.39. The Morgan fingerprint density at radius 2 is 1.50 bits per heavy atom. The van der Waals surface area contributed by atoms with E-state index in [1.807, 2.05) is 20.8 Å². The van der Waals surface area contributed by atoms with Crippen molar-refractivity contribution in [3.63, 3.8) is 0 Å². The predicted octanol–water partition coefficient (Wildman–Crippen LogP) is 0.561. The molecule has 122 valence electrons. The van der Waals surface area contributed by atoms with Crippen LogP contribution >= 0.6 is 0 Å². The third-order valence-electron chi connectivity index (χ3n) is 2.76. The van der Waals surface area contributed by atoms with Crippen LogP contribution in [0.2, 0.25) is 6.04 Å². The summed E-state index contributed by atoms with van der Waals surface area (Å²) in [6.45, 7) is 13.3. The summed E-state index contributed by atoms with van der Waals surface area (Å²) in [6, 6.07) is 1.09. The largest absolute Gasteiger partial charge is 0.502 e. The topological polar surface area (TPSA) is 77.8 Å². The molecule has 0 saturated carbocycles. The van der Waals surface area contributed by atoms with Gasteiger partial charge < -0.3 is 29.6 Å². The van der Waals surface area contributed by atoms with Crippen molar-refractivity contribution in [2.45, 2.75) is 39.8 Å². The molecule has 0 bridgehead atoms. The lowest BCUT2D eigenvalue weighted by Gasteiger charge is -2.31. The monoisotopic (exact) mass is 307 g/mol.